The Labute approximate surface area is 240 Å². The van der Waals surface area contributed by atoms with Crippen LogP contribution in [0.2, 0.25) is 15.1 Å². The van der Waals surface area contributed by atoms with E-state index in [1.54, 1.807) is 17.0 Å². The molecule has 1 unspecified atom stereocenters. The van der Waals surface area contributed by atoms with Crippen LogP contribution in [0.3, 0.4) is 0 Å². The van der Waals surface area contributed by atoms with Gasteiger partial charge < -0.3 is 10.2 Å². The highest BCUT2D eigenvalue weighted by atomic mass is 35.5. The van der Waals surface area contributed by atoms with Crippen LogP contribution in [-0.2, 0) is 29.0 Å². The zero-order valence-corrected chi connectivity index (χ0v) is 23.6. The predicted molar refractivity (Wildman–Crippen MR) is 156 cm³/mol. The molecule has 4 rings (SSSR count). The summed E-state index contributed by atoms with van der Waals surface area (Å²) in [5, 5.41) is 4.76. The van der Waals surface area contributed by atoms with Crippen molar-refractivity contribution in [1.82, 2.24) is 10.2 Å². The molecule has 3 aromatic rings. The molecule has 1 aliphatic carbocycles. The Hall–Kier alpha value is -2.53. The Morgan fingerprint density at radius 2 is 1.53 bits per heavy atom. The summed E-state index contributed by atoms with van der Waals surface area (Å²) < 4.78 is 0. The first-order chi connectivity index (χ1) is 18.4. The van der Waals surface area contributed by atoms with Gasteiger partial charge in [-0.3, -0.25) is 9.59 Å². The maximum Gasteiger partial charge on any atom is 0.243 e. The molecule has 7 heteroatoms. The maximum absolute atomic E-state index is 13.9. The van der Waals surface area contributed by atoms with Crippen molar-refractivity contribution in [2.75, 3.05) is 0 Å². The van der Waals surface area contributed by atoms with Gasteiger partial charge in [-0.2, -0.15) is 0 Å². The van der Waals surface area contributed by atoms with Crippen molar-refractivity contribution in [2.24, 2.45) is 0 Å². The number of carbonyl (C=O) groups is 2. The fourth-order valence-corrected chi connectivity index (χ4v) is 5.57. The molecule has 0 aliphatic heterocycles. The summed E-state index contributed by atoms with van der Waals surface area (Å²) in [7, 11) is 0. The lowest BCUT2D eigenvalue weighted by atomic mass is 9.94. The summed E-state index contributed by atoms with van der Waals surface area (Å²) in [6, 6.07) is 22.2. The quantitative estimate of drug-likeness (QED) is 0.271. The van der Waals surface area contributed by atoms with Crippen LogP contribution < -0.4 is 5.32 Å². The molecule has 1 fully saturated rings. The molecule has 1 N–H and O–H groups in total. The summed E-state index contributed by atoms with van der Waals surface area (Å²) >= 11 is 18.8. The van der Waals surface area contributed by atoms with Crippen LogP contribution in [0.1, 0.15) is 55.2 Å². The van der Waals surface area contributed by atoms with Crippen molar-refractivity contribution in [3.63, 3.8) is 0 Å². The van der Waals surface area contributed by atoms with E-state index in [0.717, 1.165) is 42.4 Å². The van der Waals surface area contributed by atoms with E-state index in [1.165, 1.54) is 6.42 Å². The van der Waals surface area contributed by atoms with Crippen LogP contribution in [0, 0.1) is 0 Å². The molecule has 2 amide bonds. The number of halogens is 3. The number of aryl methyl sites for hydroxylation is 1. The predicted octanol–water partition coefficient (Wildman–Crippen LogP) is 7.67. The normalized spacial score (nSPS) is 14.6. The van der Waals surface area contributed by atoms with Gasteiger partial charge in [-0.1, -0.05) is 109 Å². The van der Waals surface area contributed by atoms with E-state index in [4.69, 9.17) is 34.8 Å². The molecule has 1 aliphatic rings. The molecule has 0 spiro atoms. The second kappa shape index (κ2) is 14.0. The number of benzene rings is 3. The van der Waals surface area contributed by atoms with Crippen molar-refractivity contribution in [2.45, 2.75) is 70.0 Å². The molecule has 38 heavy (non-hydrogen) atoms. The standard InChI is InChI=1S/C31H33Cl3N2O2/c32-26-14-8-7-11-24(26)16-18-30(37)36(21-23-15-17-27(33)28(34)19-23)29(20-22-9-3-1-4-10-22)31(38)35-25-12-5-2-6-13-25/h1,3-4,7-11,14-15,17,19,25,29H,2,5-6,12-13,16,18,20-21H2,(H,35,38). The SMILES string of the molecule is O=C(NC1CCCCC1)C(Cc1ccccc1)N(Cc1ccc(Cl)c(Cl)c1)C(=O)CCc1ccccc1Cl. The monoisotopic (exact) mass is 570 g/mol. The molecular weight excluding hydrogens is 539 g/mol. The van der Waals surface area contributed by atoms with Gasteiger partial charge in [0.15, 0.2) is 0 Å². The zero-order chi connectivity index (χ0) is 26.9. The molecule has 0 radical (unpaired) electrons. The van der Waals surface area contributed by atoms with Crippen LogP contribution >= 0.6 is 34.8 Å². The third-order valence-electron chi connectivity index (χ3n) is 7.13. The molecule has 0 heterocycles. The van der Waals surface area contributed by atoms with Crippen molar-refractivity contribution >= 4 is 46.6 Å². The first-order valence-corrected chi connectivity index (χ1v) is 14.3. The number of hydrogen-bond donors (Lipinski definition) is 1. The summed E-state index contributed by atoms with van der Waals surface area (Å²) in [6.07, 6.45) is 6.48. The Morgan fingerprint density at radius 3 is 2.24 bits per heavy atom. The van der Waals surface area contributed by atoms with Crippen LogP contribution in [-0.4, -0.2) is 28.8 Å². The molecular formula is C31H33Cl3N2O2. The summed E-state index contributed by atoms with van der Waals surface area (Å²) in [6.45, 7) is 0.244. The van der Waals surface area contributed by atoms with Gasteiger partial charge >= 0.3 is 0 Å². The molecule has 1 atom stereocenters. The summed E-state index contributed by atoms with van der Waals surface area (Å²) in [5.74, 6) is -0.234. The lowest BCUT2D eigenvalue weighted by Gasteiger charge is -2.33. The van der Waals surface area contributed by atoms with E-state index in [0.29, 0.717) is 27.9 Å². The molecule has 4 nitrogen and oxygen atoms in total. The second-order valence-corrected chi connectivity index (χ2v) is 11.1. The van der Waals surface area contributed by atoms with Crippen molar-refractivity contribution < 1.29 is 9.59 Å². The minimum absolute atomic E-state index is 0.115. The first kappa shape index (κ1) is 28.5. The van der Waals surface area contributed by atoms with Gasteiger partial charge in [-0.25, -0.2) is 0 Å². The highest BCUT2D eigenvalue weighted by Crippen LogP contribution is 2.26. The van der Waals surface area contributed by atoms with Gasteiger partial charge in [0, 0.05) is 30.5 Å². The molecule has 0 aromatic heterocycles. The fraction of sp³-hybridized carbons (Fsp3) is 0.355. The Kier molecular flexibility index (Phi) is 10.5. The number of nitrogens with zero attached hydrogens (tertiary/aromatic N) is 1. The maximum atomic E-state index is 13.9. The van der Waals surface area contributed by atoms with Crippen molar-refractivity contribution in [3.05, 3.63) is 105 Å². The average molecular weight is 572 g/mol. The first-order valence-electron chi connectivity index (χ1n) is 13.2. The van der Waals surface area contributed by atoms with Crippen LogP contribution in [0.15, 0.2) is 72.8 Å². The Balaban J connectivity index is 1.63. The van der Waals surface area contributed by atoms with E-state index in [-0.39, 0.29) is 30.8 Å². The van der Waals surface area contributed by atoms with Crippen LogP contribution in [0.25, 0.3) is 0 Å². The molecule has 1 saturated carbocycles. The number of carbonyl (C=O) groups excluding carboxylic acids is 2. The molecule has 0 saturated heterocycles. The van der Waals surface area contributed by atoms with E-state index < -0.39 is 6.04 Å². The topological polar surface area (TPSA) is 49.4 Å². The Morgan fingerprint density at radius 1 is 0.816 bits per heavy atom. The lowest BCUT2D eigenvalue weighted by Crippen LogP contribution is -2.52. The van der Waals surface area contributed by atoms with E-state index in [9.17, 15) is 9.59 Å². The molecule has 0 bridgehead atoms. The zero-order valence-electron chi connectivity index (χ0n) is 21.3. The molecule has 200 valence electrons. The van der Waals surface area contributed by atoms with Gasteiger partial charge in [0.25, 0.3) is 0 Å². The third kappa shape index (κ3) is 7.99. The highest BCUT2D eigenvalue weighted by molar-refractivity contribution is 6.42. The molecule has 3 aromatic carbocycles. The Bertz CT molecular complexity index is 1230. The minimum atomic E-state index is -0.674. The lowest BCUT2D eigenvalue weighted by molar-refractivity contribution is -0.141. The number of rotatable bonds is 10. The number of amides is 2. The second-order valence-electron chi connectivity index (χ2n) is 9.91. The summed E-state index contributed by atoms with van der Waals surface area (Å²) in [5.41, 5.74) is 2.71. The number of hydrogen-bond acceptors (Lipinski definition) is 2. The van der Waals surface area contributed by atoms with E-state index in [2.05, 4.69) is 5.32 Å². The van der Waals surface area contributed by atoms with Crippen molar-refractivity contribution in [3.8, 4) is 0 Å². The van der Waals surface area contributed by atoms with E-state index in [1.807, 2.05) is 60.7 Å². The highest BCUT2D eigenvalue weighted by Gasteiger charge is 2.32. The van der Waals surface area contributed by atoms with Gasteiger partial charge in [0.1, 0.15) is 6.04 Å². The largest absolute Gasteiger partial charge is 0.352 e. The number of nitrogens with one attached hydrogen (secondary N) is 1. The smallest absolute Gasteiger partial charge is 0.243 e. The fourth-order valence-electron chi connectivity index (χ4n) is 5.02. The summed E-state index contributed by atoms with van der Waals surface area (Å²) in [4.78, 5) is 29.4. The van der Waals surface area contributed by atoms with Gasteiger partial charge in [-0.05, 0) is 54.2 Å². The van der Waals surface area contributed by atoms with Crippen LogP contribution in [0.4, 0.5) is 0 Å². The van der Waals surface area contributed by atoms with Gasteiger partial charge in [0.05, 0.1) is 10.0 Å². The minimum Gasteiger partial charge on any atom is -0.352 e. The van der Waals surface area contributed by atoms with Gasteiger partial charge in [0.2, 0.25) is 11.8 Å². The van der Waals surface area contributed by atoms with Crippen molar-refractivity contribution in [1.29, 1.82) is 0 Å². The van der Waals surface area contributed by atoms with E-state index >= 15 is 0 Å². The van der Waals surface area contributed by atoms with Crippen LogP contribution in [0.5, 0.6) is 0 Å². The average Bonchev–Trinajstić information content (AvgIpc) is 2.93. The van der Waals surface area contributed by atoms with Gasteiger partial charge in [-0.15, -0.1) is 0 Å². The third-order valence-corrected chi connectivity index (χ3v) is 8.23.